The molecule has 4 heteroatoms. The molecule has 0 fully saturated rings. The van der Waals surface area contributed by atoms with E-state index in [9.17, 15) is 0 Å². The fourth-order valence-corrected chi connectivity index (χ4v) is 6.43. The first-order chi connectivity index (χ1) is 20.3. The summed E-state index contributed by atoms with van der Waals surface area (Å²) < 4.78 is 15.3. The fourth-order valence-electron chi connectivity index (χ4n) is 6.43. The van der Waals surface area contributed by atoms with E-state index in [4.69, 9.17) is 13.8 Å². The molecular weight excluding hydrogens is 504 g/mol. The molecule has 0 aliphatic rings. The molecule has 0 aliphatic carbocycles. The topological polar surface area (TPSA) is 44.1 Å². The largest absolute Gasteiger partial charge is 0.455 e. The van der Waals surface area contributed by atoms with Gasteiger partial charge >= 0.3 is 0 Å². The maximum atomic E-state index is 6.52. The number of furan rings is 2. The Morgan fingerprint density at radius 1 is 0.610 bits per heavy atom. The number of para-hydroxylation sites is 4. The number of aromatic nitrogens is 2. The van der Waals surface area contributed by atoms with Gasteiger partial charge < -0.3 is 8.83 Å². The predicted octanol–water partition coefficient (Wildman–Crippen LogP) is 10.2. The molecule has 3 aromatic heterocycles. The quantitative estimate of drug-likeness (QED) is 0.229. The Morgan fingerprint density at radius 3 is 1.98 bits per heavy atom. The molecule has 4 nitrogen and oxygen atoms in total. The molecule has 0 unspecified atom stereocenters. The van der Waals surface area contributed by atoms with E-state index in [1.54, 1.807) is 0 Å². The molecule has 0 spiro atoms. The number of hydrogen-bond donors (Lipinski definition) is 0. The summed E-state index contributed by atoms with van der Waals surface area (Å²) >= 11 is 0. The molecule has 6 aromatic carbocycles. The van der Waals surface area contributed by atoms with Crippen molar-refractivity contribution in [2.45, 2.75) is 13.3 Å². The van der Waals surface area contributed by atoms with Crippen LogP contribution >= 0.6 is 0 Å². The van der Waals surface area contributed by atoms with Crippen LogP contribution in [-0.2, 0) is 6.42 Å². The third kappa shape index (κ3) is 3.19. The summed E-state index contributed by atoms with van der Waals surface area (Å²) in [5, 5.41) is 6.75. The molecule has 9 rings (SSSR count). The van der Waals surface area contributed by atoms with Crippen molar-refractivity contribution in [1.29, 1.82) is 0 Å². The number of hydrogen-bond acceptors (Lipinski definition) is 3. The Kier molecular flexibility index (Phi) is 4.56. The van der Waals surface area contributed by atoms with E-state index < -0.39 is 0 Å². The highest BCUT2D eigenvalue weighted by atomic mass is 16.3. The minimum atomic E-state index is 0.853. The highest BCUT2D eigenvalue weighted by Gasteiger charge is 2.21. The lowest BCUT2D eigenvalue weighted by Crippen LogP contribution is -1.99. The van der Waals surface area contributed by atoms with Crippen molar-refractivity contribution in [2.24, 2.45) is 0 Å². The van der Waals surface area contributed by atoms with E-state index in [0.717, 1.165) is 89.4 Å². The second kappa shape index (κ2) is 8.33. The van der Waals surface area contributed by atoms with Gasteiger partial charge in [0.1, 0.15) is 28.2 Å². The maximum Gasteiger partial charge on any atom is 0.147 e. The standard InChI is InChI=1S/C37H24N2O2/c1-2-34-38-30-11-5-6-12-31(30)39(34)25-18-17-22-19-24(16-15-23(22)20-25)35-36-28(26-9-3-7-13-32(26)40-36)21-29-27-10-4-8-14-33(27)41-37(29)35/h3-21H,2H2,1H3. The van der Waals surface area contributed by atoms with Crippen molar-refractivity contribution in [2.75, 3.05) is 0 Å². The molecule has 0 radical (unpaired) electrons. The van der Waals surface area contributed by atoms with Crippen molar-refractivity contribution in [1.82, 2.24) is 9.55 Å². The van der Waals surface area contributed by atoms with Crippen LogP contribution in [-0.4, -0.2) is 9.55 Å². The van der Waals surface area contributed by atoms with Gasteiger partial charge in [-0.15, -0.1) is 0 Å². The molecule has 0 amide bonds. The van der Waals surface area contributed by atoms with Crippen LogP contribution in [0.1, 0.15) is 12.7 Å². The maximum absolute atomic E-state index is 6.52. The Hall–Kier alpha value is -5.35. The molecule has 0 saturated heterocycles. The van der Waals surface area contributed by atoms with Gasteiger partial charge in [0, 0.05) is 33.7 Å². The van der Waals surface area contributed by atoms with Gasteiger partial charge in [-0.05, 0) is 64.9 Å². The lowest BCUT2D eigenvalue weighted by atomic mass is 9.96. The first kappa shape index (κ1) is 22.5. The zero-order valence-electron chi connectivity index (χ0n) is 22.4. The average Bonchev–Trinajstić information content (AvgIpc) is 3.70. The zero-order valence-corrected chi connectivity index (χ0v) is 22.4. The normalized spacial score (nSPS) is 12.1. The van der Waals surface area contributed by atoms with E-state index >= 15 is 0 Å². The van der Waals surface area contributed by atoms with E-state index in [0.29, 0.717) is 0 Å². The summed E-state index contributed by atoms with van der Waals surface area (Å²) in [6.45, 7) is 2.16. The van der Waals surface area contributed by atoms with Gasteiger partial charge in [-0.25, -0.2) is 4.98 Å². The van der Waals surface area contributed by atoms with Crippen LogP contribution in [0.15, 0.2) is 124 Å². The van der Waals surface area contributed by atoms with E-state index in [2.05, 4.69) is 96.4 Å². The van der Waals surface area contributed by atoms with Gasteiger partial charge in [-0.1, -0.05) is 73.7 Å². The Balaban J connectivity index is 1.30. The van der Waals surface area contributed by atoms with Crippen LogP contribution < -0.4 is 0 Å². The second-order valence-electron chi connectivity index (χ2n) is 10.7. The van der Waals surface area contributed by atoms with E-state index in [1.807, 2.05) is 30.3 Å². The minimum Gasteiger partial charge on any atom is -0.455 e. The zero-order chi connectivity index (χ0) is 27.1. The Labute approximate surface area is 235 Å². The van der Waals surface area contributed by atoms with Crippen LogP contribution in [0.2, 0.25) is 0 Å². The van der Waals surface area contributed by atoms with Crippen molar-refractivity contribution < 1.29 is 8.83 Å². The van der Waals surface area contributed by atoms with Crippen molar-refractivity contribution in [3.63, 3.8) is 0 Å². The lowest BCUT2D eigenvalue weighted by Gasteiger charge is -2.11. The van der Waals surface area contributed by atoms with Gasteiger partial charge in [-0.3, -0.25) is 4.57 Å². The monoisotopic (exact) mass is 528 g/mol. The molecule has 0 N–H and O–H groups in total. The van der Waals surface area contributed by atoms with E-state index in [1.165, 1.54) is 5.39 Å². The van der Waals surface area contributed by atoms with Crippen LogP contribution in [0, 0.1) is 0 Å². The molecule has 194 valence electrons. The number of rotatable bonds is 3. The summed E-state index contributed by atoms with van der Waals surface area (Å²) in [7, 11) is 0. The molecule has 0 atom stereocenters. The summed E-state index contributed by atoms with van der Waals surface area (Å²) in [6, 6.07) is 40.3. The molecule has 41 heavy (non-hydrogen) atoms. The SMILES string of the molecule is CCc1nc2ccccc2n1-c1ccc2cc(-c3c4oc5ccccc5c4cc4c3oc3ccccc34)ccc2c1. The number of nitrogens with zero attached hydrogens (tertiary/aromatic N) is 2. The van der Waals surface area contributed by atoms with Gasteiger partial charge in [0.15, 0.2) is 0 Å². The first-order valence-corrected chi connectivity index (χ1v) is 14.0. The Bertz CT molecular complexity index is 2380. The van der Waals surface area contributed by atoms with Crippen molar-refractivity contribution in [3.05, 3.63) is 121 Å². The van der Waals surface area contributed by atoms with Crippen LogP contribution in [0.25, 0.3) is 82.5 Å². The minimum absolute atomic E-state index is 0.853. The second-order valence-corrected chi connectivity index (χ2v) is 10.7. The van der Waals surface area contributed by atoms with Crippen molar-refractivity contribution in [3.8, 4) is 16.8 Å². The first-order valence-electron chi connectivity index (χ1n) is 14.0. The number of imidazole rings is 1. The summed E-state index contributed by atoms with van der Waals surface area (Å²) in [5.74, 6) is 1.06. The van der Waals surface area contributed by atoms with Crippen LogP contribution in [0.3, 0.4) is 0 Å². The smallest absolute Gasteiger partial charge is 0.147 e. The summed E-state index contributed by atoms with van der Waals surface area (Å²) in [5.41, 5.74) is 8.80. The van der Waals surface area contributed by atoms with E-state index in [-0.39, 0.29) is 0 Å². The molecule has 3 heterocycles. The third-order valence-electron chi connectivity index (χ3n) is 8.33. The fraction of sp³-hybridized carbons (Fsp3) is 0.0541. The molecular formula is C37H24N2O2. The van der Waals surface area contributed by atoms with Gasteiger partial charge in [-0.2, -0.15) is 0 Å². The van der Waals surface area contributed by atoms with Crippen LogP contribution in [0.5, 0.6) is 0 Å². The molecule has 0 aliphatic heterocycles. The molecule has 0 saturated carbocycles. The Morgan fingerprint density at radius 2 is 1.24 bits per heavy atom. The number of fused-ring (bicyclic) bond motifs is 8. The predicted molar refractivity (Wildman–Crippen MR) is 168 cm³/mol. The summed E-state index contributed by atoms with van der Waals surface area (Å²) in [6.07, 6.45) is 0.862. The third-order valence-corrected chi connectivity index (χ3v) is 8.33. The van der Waals surface area contributed by atoms with Crippen molar-refractivity contribution >= 4 is 65.7 Å². The number of benzene rings is 6. The highest BCUT2D eigenvalue weighted by molar-refractivity contribution is 6.22. The highest BCUT2D eigenvalue weighted by Crippen LogP contribution is 2.44. The number of aryl methyl sites for hydroxylation is 1. The van der Waals surface area contributed by atoms with Gasteiger partial charge in [0.2, 0.25) is 0 Å². The van der Waals surface area contributed by atoms with Crippen LogP contribution in [0.4, 0.5) is 0 Å². The average molecular weight is 529 g/mol. The van der Waals surface area contributed by atoms with Gasteiger partial charge in [0.05, 0.1) is 16.6 Å². The molecule has 0 bridgehead atoms. The lowest BCUT2D eigenvalue weighted by molar-refractivity contribution is 0.658. The summed E-state index contributed by atoms with van der Waals surface area (Å²) in [4.78, 5) is 4.88. The van der Waals surface area contributed by atoms with Gasteiger partial charge in [0.25, 0.3) is 0 Å². The molecule has 9 aromatic rings.